The molecule has 7 nitrogen and oxygen atoms in total. The number of epoxide rings is 1. The molecule has 0 saturated carbocycles. The second-order valence-corrected chi connectivity index (χ2v) is 8.23. The molecule has 7 unspecified atom stereocenters. The summed E-state index contributed by atoms with van der Waals surface area (Å²) in [5.41, 5.74) is -1.13. The molecule has 1 N–H and O–H groups in total. The maximum absolute atomic E-state index is 12.7. The van der Waals surface area contributed by atoms with Crippen LogP contribution >= 0.6 is 0 Å². The molecule has 27 heavy (non-hydrogen) atoms. The predicted molar refractivity (Wildman–Crippen MR) is 93.3 cm³/mol. The minimum absolute atomic E-state index is 0.229. The summed E-state index contributed by atoms with van der Waals surface area (Å²) in [4.78, 5) is 24.8. The van der Waals surface area contributed by atoms with Crippen LogP contribution in [0.3, 0.4) is 0 Å². The first-order chi connectivity index (χ1) is 12.5. The second kappa shape index (κ2) is 5.53. The molecule has 4 aliphatic heterocycles. The van der Waals surface area contributed by atoms with Gasteiger partial charge in [0.25, 0.3) is 0 Å². The SMILES string of the molecule is C=C1C(=O)OC2C=C(C)C3(O)C=CC(C)(CC(OC(=O)C4(C)OC4C)C12)O3. The zero-order valence-electron chi connectivity index (χ0n) is 15.9. The molecule has 2 fully saturated rings. The summed E-state index contributed by atoms with van der Waals surface area (Å²) < 4.78 is 22.5. The van der Waals surface area contributed by atoms with E-state index in [0.717, 1.165) is 0 Å². The molecule has 4 rings (SSSR count). The van der Waals surface area contributed by atoms with Crippen molar-refractivity contribution in [3.63, 3.8) is 0 Å². The summed E-state index contributed by atoms with van der Waals surface area (Å²) in [6.45, 7) is 10.8. The highest BCUT2D eigenvalue weighted by atomic mass is 16.7. The fraction of sp³-hybridized carbons (Fsp3) is 0.600. The molecule has 2 bridgehead atoms. The zero-order valence-corrected chi connectivity index (χ0v) is 15.9. The monoisotopic (exact) mass is 376 g/mol. The molecule has 7 atom stereocenters. The number of hydrogen-bond acceptors (Lipinski definition) is 7. The second-order valence-electron chi connectivity index (χ2n) is 8.23. The van der Waals surface area contributed by atoms with E-state index in [0.29, 0.717) is 5.57 Å². The van der Waals surface area contributed by atoms with E-state index in [9.17, 15) is 14.7 Å². The van der Waals surface area contributed by atoms with Crippen LogP contribution in [-0.2, 0) is 28.5 Å². The molecule has 0 aromatic carbocycles. The van der Waals surface area contributed by atoms with E-state index >= 15 is 0 Å². The number of ether oxygens (including phenoxy) is 4. The molecule has 0 amide bonds. The Morgan fingerprint density at radius 1 is 1.37 bits per heavy atom. The molecule has 0 aromatic heterocycles. The van der Waals surface area contributed by atoms with Crippen LogP contribution in [-0.4, -0.2) is 52.3 Å². The molecule has 4 heterocycles. The third-order valence-corrected chi connectivity index (χ3v) is 6.10. The Morgan fingerprint density at radius 2 is 2.04 bits per heavy atom. The fourth-order valence-electron chi connectivity index (χ4n) is 4.02. The van der Waals surface area contributed by atoms with Gasteiger partial charge in [-0.1, -0.05) is 12.7 Å². The van der Waals surface area contributed by atoms with Gasteiger partial charge in [0.2, 0.25) is 5.79 Å². The zero-order chi connectivity index (χ0) is 19.8. The van der Waals surface area contributed by atoms with Gasteiger partial charge in [-0.05, 0) is 45.4 Å². The number of esters is 2. The number of carbonyl (C=O) groups is 2. The summed E-state index contributed by atoms with van der Waals surface area (Å²) in [6, 6.07) is 0. The van der Waals surface area contributed by atoms with Crippen molar-refractivity contribution in [2.75, 3.05) is 0 Å². The summed E-state index contributed by atoms with van der Waals surface area (Å²) in [5, 5.41) is 10.8. The standard InChI is InChI=1S/C20H24O7/c1-10-8-13-15(11(2)16(21)24-13)14(25-17(22)19(5)12(3)26-19)9-18(4)6-7-20(10,23)27-18/h6-8,12-15,23H,2,9H2,1,3-5H3. The number of hydrogen-bond donors (Lipinski definition) is 1. The van der Waals surface area contributed by atoms with E-state index in [1.165, 1.54) is 0 Å². The van der Waals surface area contributed by atoms with Gasteiger partial charge in [0.1, 0.15) is 12.2 Å². The van der Waals surface area contributed by atoms with E-state index in [2.05, 4.69) is 6.58 Å². The van der Waals surface area contributed by atoms with Crippen molar-refractivity contribution in [2.24, 2.45) is 5.92 Å². The van der Waals surface area contributed by atoms with Gasteiger partial charge in [-0.25, -0.2) is 9.59 Å². The van der Waals surface area contributed by atoms with Crippen molar-refractivity contribution >= 4 is 11.9 Å². The topological polar surface area (TPSA) is 94.6 Å². The lowest BCUT2D eigenvalue weighted by atomic mass is 9.83. The highest BCUT2D eigenvalue weighted by molar-refractivity contribution is 5.91. The maximum Gasteiger partial charge on any atom is 0.341 e. The van der Waals surface area contributed by atoms with Crippen molar-refractivity contribution in [3.05, 3.63) is 36.0 Å². The van der Waals surface area contributed by atoms with E-state index in [4.69, 9.17) is 18.9 Å². The quantitative estimate of drug-likeness (QED) is 0.338. The van der Waals surface area contributed by atoms with Gasteiger partial charge in [0.15, 0.2) is 5.60 Å². The Kier molecular flexibility index (Phi) is 3.77. The largest absolute Gasteiger partial charge is 0.459 e. The van der Waals surface area contributed by atoms with Gasteiger partial charge >= 0.3 is 11.9 Å². The van der Waals surface area contributed by atoms with Crippen LogP contribution in [0.2, 0.25) is 0 Å². The average Bonchev–Trinajstić information content (AvgIpc) is 2.91. The van der Waals surface area contributed by atoms with Gasteiger partial charge in [-0.3, -0.25) is 0 Å². The van der Waals surface area contributed by atoms with E-state index in [1.54, 1.807) is 45.9 Å². The molecule has 0 aromatic rings. The molecule has 7 heteroatoms. The van der Waals surface area contributed by atoms with Crippen molar-refractivity contribution in [1.29, 1.82) is 0 Å². The summed E-state index contributed by atoms with van der Waals surface area (Å²) in [6.07, 6.45) is 3.54. The highest BCUT2D eigenvalue weighted by Crippen LogP contribution is 2.45. The van der Waals surface area contributed by atoms with Crippen LogP contribution in [0.4, 0.5) is 0 Å². The Morgan fingerprint density at radius 3 is 2.67 bits per heavy atom. The lowest BCUT2D eigenvalue weighted by Crippen LogP contribution is -2.42. The molecular weight excluding hydrogens is 352 g/mol. The summed E-state index contributed by atoms with van der Waals surface area (Å²) in [5.74, 6) is -3.18. The van der Waals surface area contributed by atoms with Crippen LogP contribution in [0.25, 0.3) is 0 Å². The van der Waals surface area contributed by atoms with E-state index in [-0.39, 0.29) is 18.1 Å². The maximum atomic E-state index is 12.7. The molecular formula is C20H24O7. The number of rotatable bonds is 2. The predicted octanol–water partition coefficient (Wildman–Crippen LogP) is 1.56. The first kappa shape index (κ1) is 18.4. The number of carbonyl (C=O) groups excluding carboxylic acids is 2. The normalized spacial score (nSPS) is 48.1. The van der Waals surface area contributed by atoms with Gasteiger partial charge in [-0.15, -0.1) is 0 Å². The van der Waals surface area contributed by atoms with Crippen molar-refractivity contribution in [2.45, 2.75) is 69.4 Å². The first-order valence-corrected chi connectivity index (χ1v) is 9.08. The smallest absolute Gasteiger partial charge is 0.341 e. The van der Waals surface area contributed by atoms with Gasteiger partial charge in [0, 0.05) is 12.0 Å². The van der Waals surface area contributed by atoms with Crippen LogP contribution in [0.1, 0.15) is 34.1 Å². The van der Waals surface area contributed by atoms with Gasteiger partial charge in [-0.2, -0.15) is 0 Å². The molecule has 146 valence electrons. The Labute approximate surface area is 157 Å². The van der Waals surface area contributed by atoms with Crippen molar-refractivity contribution in [1.82, 2.24) is 0 Å². The summed E-state index contributed by atoms with van der Waals surface area (Å²) >= 11 is 0. The van der Waals surface area contributed by atoms with Crippen molar-refractivity contribution in [3.8, 4) is 0 Å². The summed E-state index contributed by atoms with van der Waals surface area (Å²) in [7, 11) is 0. The molecule has 0 radical (unpaired) electrons. The lowest BCUT2D eigenvalue weighted by molar-refractivity contribution is -0.190. The number of fused-ring (bicyclic) bond motifs is 3. The molecule has 4 aliphatic rings. The van der Waals surface area contributed by atoms with Crippen LogP contribution in [0, 0.1) is 5.92 Å². The van der Waals surface area contributed by atoms with Gasteiger partial charge < -0.3 is 24.1 Å². The fourth-order valence-corrected chi connectivity index (χ4v) is 4.02. The molecule has 0 aliphatic carbocycles. The first-order valence-electron chi connectivity index (χ1n) is 9.08. The Balaban J connectivity index is 1.72. The van der Waals surface area contributed by atoms with Gasteiger partial charge in [0.05, 0.1) is 17.6 Å². The third-order valence-electron chi connectivity index (χ3n) is 6.10. The Bertz CT molecular complexity index is 798. The van der Waals surface area contributed by atoms with Crippen LogP contribution in [0.5, 0.6) is 0 Å². The molecule has 2 saturated heterocycles. The van der Waals surface area contributed by atoms with Crippen LogP contribution in [0.15, 0.2) is 36.0 Å². The average molecular weight is 376 g/mol. The minimum Gasteiger partial charge on any atom is -0.459 e. The Hall–Kier alpha value is -1.96. The number of aliphatic hydroxyl groups is 1. The van der Waals surface area contributed by atoms with E-state index < -0.39 is 47.1 Å². The lowest BCUT2D eigenvalue weighted by Gasteiger charge is -2.33. The van der Waals surface area contributed by atoms with E-state index in [1.807, 2.05) is 0 Å². The molecule has 0 spiro atoms. The van der Waals surface area contributed by atoms with Crippen LogP contribution < -0.4 is 0 Å². The van der Waals surface area contributed by atoms with Crippen molar-refractivity contribution < 1.29 is 33.6 Å². The minimum atomic E-state index is -1.59. The highest BCUT2D eigenvalue weighted by Gasteiger charge is 2.59. The third kappa shape index (κ3) is 2.76.